The number of hydrogen-bond donors (Lipinski definition) is 2. The molecule has 0 radical (unpaired) electrons. The molecule has 1 unspecified atom stereocenters. The Morgan fingerprint density at radius 1 is 1.00 bits per heavy atom. The van der Waals surface area contributed by atoms with Gasteiger partial charge in [-0.05, 0) is 165 Å². The van der Waals surface area contributed by atoms with E-state index in [1.165, 1.54) is 61.7 Å². The van der Waals surface area contributed by atoms with E-state index in [-0.39, 0.29) is 10.8 Å². The van der Waals surface area contributed by atoms with Gasteiger partial charge in [0.25, 0.3) is 0 Å². The molecule has 0 aromatic carbocycles. The van der Waals surface area contributed by atoms with Gasteiger partial charge in [-0.2, -0.15) is 0 Å². The summed E-state index contributed by atoms with van der Waals surface area (Å²) in [4.78, 5) is 26.2. The van der Waals surface area contributed by atoms with Gasteiger partial charge in [0.1, 0.15) is 6.67 Å². The summed E-state index contributed by atoms with van der Waals surface area (Å²) in [6.45, 7) is 21.9. The van der Waals surface area contributed by atoms with Gasteiger partial charge in [0.2, 0.25) is 5.91 Å². The van der Waals surface area contributed by atoms with Gasteiger partial charge < -0.3 is 15.3 Å². The molecule has 7 aliphatic rings. The lowest BCUT2D eigenvalue weighted by atomic mass is 9.33. The lowest BCUT2D eigenvalue weighted by Crippen LogP contribution is -2.64. The number of halogens is 1. The molecule has 0 spiro atoms. The van der Waals surface area contributed by atoms with Crippen LogP contribution in [0.25, 0.3) is 0 Å². The van der Waals surface area contributed by atoms with Crippen LogP contribution in [0.15, 0.2) is 35.5 Å². The van der Waals surface area contributed by atoms with Crippen LogP contribution in [0.1, 0.15) is 131 Å². The second kappa shape index (κ2) is 12.9. The first-order valence-corrected chi connectivity index (χ1v) is 20.5. The van der Waals surface area contributed by atoms with Gasteiger partial charge in [-0.15, -0.1) is 0 Å². The highest BCUT2D eigenvalue weighted by molar-refractivity contribution is 5.78. The van der Waals surface area contributed by atoms with Crippen molar-refractivity contribution < 1.29 is 19.1 Å². The van der Waals surface area contributed by atoms with E-state index >= 15 is 0 Å². The van der Waals surface area contributed by atoms with E-state index in [0.29, 0.717) is 65.7 Å². The van der Waals surface area contributed by atoms with E-state index in [2.05, 4.69) is 70.5 Å². The van der Waals surface area contributed by atoms with Crippen molar-refractivity contribution in [1.29, 1.82) is 0 Å². The minimum Gasteiger partial charge on any atom is -0.481 e. The van der Waals surface area contributed by atoms with E-state index in [1.54, 1.807) is 0 Å². The number of aliphatic carboxylic acids is 1. The summed E-state index contributed by atoms with van der Waals surface area (Å²) in [7, 11) is 0. The van der Waals surface area contributed by atoms with Crippen molar-refractivity contribution >= 4 is 11.9 Å². The summed E-state index contributed by atoms with van der Waals surface area (Å²) in [5.41, 5.74) is 3.69. The van der Waals surface area contributed by atoms with Crippen molar-refractivity contribution in [3.8, 4) is 0 Å². The smallest absolute Gasteiger partial charge is 0.312 e. The second-order valence-electron chi connectivity index (χ2n) is 19.7. The number of carboxylic acid groups (broad SMARTS) is 1. The molecule has 50 heavy (non-hydrogen) atoms. The molecule has 278 valence electrons. The second-order valence-corrected chi connectivity index (χ2v) is 19.7. The molecule has 11 atom stereocenters. The predicted octanol–water partition coefficient (Wildman–Crippen LogP) is 9.54. The zero-order valence-corrected chi connectivity index (χ0v) is 32.2. The number of alkyl halides is 1. The van der Waals surface area contributed by atoms with E-state index in [4.69, 9.17) is 0 Å². The number of likely N-dealkylation sites (tertiary alicyclic amines) is 1. The van der Waals surface area contributed by atoms with Gasteiger partial charge in [0.05, 0.1) is 5.41 Å². The maximum Gasteiger partial charge on any atom is 0.312 e. The zero-order valence-electron chi connectivity index (χ0n) is 32.2. The monoisotopic (exact) mass is 691 g/mol. The molecule has 6 heteroatoms. The highest BCUT2D eigenvalue weighted by atomic mass is 19.1. The molecule has 0 aromatic heterocycles. The number of carbonyl (C=O) groups is 2. The minimum absolute atomic E-state index is 0.00592. The number of amides is 1. The Morgan fingerprint density at radius 3 is 2.40 bits per heavy atom. The third kappa shape index (κ3) is 5.36. The number of nitrogens with zero attached hydrogens (tertiary/aromatic N) is 1. The summed E-state index contributed by atoms with van der Waals surface area (Å²) in [6, 6.07) is 0.557. The van der Waals surface area contributed by atoms with Crippen LogP contribution in [-0.2, 0) is 9.59 Å². The Bertz CT molecular complexity index is 1450. The third-order valence-corrected chi connectivity index (χ3v) is 17.4. The van der Waals surface area contributed by atoms with Gasteiger partial charge in [-0.1, -0.05) is 58.9 Å². The Morgan fingerprint density at radius 2 is 1.76 bits per heavy atom. The van der Waals surface area contributed by atoms with E-state index in [9.17, 15) is 19.1 Å². The summed E-state index contributed by atoms with van der Waals surface area (Å²) >= 11 is 0. The molecule has 4 saturated carbocycles. The zero-order chi connectivity index (χ0) is 35.9. The van der Waals surface area contributed by atoms with Crippen molar-refractivity contribution in [2.24, 2.45) is 62.6 Å². The van der Waals surface area contributed by atoms with Crippen LogP contribution in [0.3, 0.4) is 0 Å². The SMILES string of the molecule is C=C(C)[C@@H]1C[C@@H](NCCCN2CCCC2=O)C2CC[C@]3(C)[C@H](CC[C@@H]4[C@@]5(C)CC=C(C6=CC[C@](CF)(C(=O)O)CC6)C(C)(C)[C@@H]5CC[C@]43C)[C@H]21. The Hall–Kier alpha value is -1.95. The van der Waals surface area contributed by atoms with Gasteiger partial charge >= 0.3 is 5.97 Å². The first kappa shape index (κ1) is 36.4. The molecule has 0 bridgehead atoms. The molecule has 1 saturated heterocycles. The minimum atomic E-state index is -1.25. The average molecular weight is 691 g/mol. The lowest BCUT2D eigenvalue weighted by Gasteiger charge is -2.71. The normalized spacial score (nSPS) is 45.1. The summed E-state index contributed by atoms with van der Waals surface area (Å²) in [5, 5.41) is 13.8. The summed E-state index contributed by atoms with van der Waals surface area (Å²) < 4.78 is 14.0. The number of nitrogens with one attached hydrogen (secondary N) is 1. The standard InChI is InChI=1S/C44H67FN2O3/c1-28(2)31-26-34(46-23-9-25-47-24-8-10-37(47)48)30-15-19-42(6)33(38(30)31)11-12-36-41(5)18-16-32(40(3,4)35(41)17-20-43(36,42)7)29-13-21-44(27-45,22-14-29)39(49)50/h13,16,30-31,33-36,38,46H,1,8-12,14-15,17-27H2,2-7H3,(H,49,50)/t30?,31-,33+,34+,35-,36+,38+,41-,42+,43+,44-/m0/s1. The fourth-order valence-electron chi connectivity index (χ4n) is 14.6. The van der Waals surface area contributed by atoms with E-state index in [0.717, 1.165) is 57.2 Å². The van der Waals surface area contributed by atoms with Crippen LogP contribution in [0.2, 0.25) is 0 Å². The van der Waals surface area contributed by atoms with Crippen molar-refractivity contribution in [3.05, 3.63) is 35.5 Å². The fraction of sp³-hybridized carbons (Fsp3) is 0.818. The first-order valence-electron chi connectivity index (χ1n) is 20.5. The molecule has 2 N–H and O–H groups in total. The molecule has 7 rings (SSSR count). The number of rotatable bonds is 9. The Balaban J connectivity index is 1.10. The largest absolute Gasteiger partial charge is 0.481 e. The predicted molar refractivity (Wildman–Crippen MR) is 199 cm³/mol. The van der Waals surface area contributed by atoms with Crippen LogP contribution in [0.4, 0.5) is 4.39 Å². The molecule has 1 heterocycles. The van der Waals surface area contributed by atoms with Crippen molar-refractivity contribution in [3.63, 3.8) is 0 Å². The number of carbonyl (C=O) groups excluding carboxylic acids is 1. The fourth-order valence-corrected chi connectivity index (χ4v) is 14.6. The van der Waals surface area contributed by atoms with Crippen molar-refractivity contribution in [1.82, 2.24) is 10.2 Å². The van der Waals surface area contributed by atoms with Crippen molar-refractivity contribution in [2.75, 3.05) is 26.3 Å². The molecular formula is C44H67FN2O3. The van der Waals surface area contributed by atoms with Gasteiger partial charge in [-0.25, -0.2) is 4.39 Å². The molecule has 5 fully saturated rings. The number of carboxylic acids is 1. The maximum atomic E-state index is 14.0. The topological polar surface area (TPSA) is 69.6 Å². The first-order chi connectivity index (χ1) is 23.6. The quantitative estimate of drug-likeness (QED) is 0.187. The van der Waals surface area contributed by atoms with Crippen LogP contribution >= 0.6 is 0 Å². The van der Waals surface area contributed by atoms with Gasteiger partial charge in [0, 0.05) is 25.6 Å². The molecule has 6 aliphatic carbocycles. The van der Waals surface area contributed by atoms with Crippen molar-refractivity contribution in [2.45, 2.75) is 137 Å². The van der Waals surface area contributed by atoms with Gasteiger partial charge in [0.15, 0.2) is 0 Å². The molecule has 5 nitrogen and oxygen atoms in total. The number of fused-ring (bicyclic) bond motifs is 7. The Kier molecular flexibility index (Phi) is 9.37. The van der Waals surface area contributed by atoms with Crippen LogP contribution in [0.5, 0.6) is 0 Å². The summed E-state index contributed by atoms with van der Waals surface area (Å²) in [5.74, 6) is 3.37. The molecule has 0 aromatic rings. The van der Waals surface area contributed by atoms with E-state index in [1.807, 2.05) is 0 Å². The number of hydrogen-bond acceptors (Lipinski definition) is 3. The lowest BCUT2D eigenvalue weighted by molar-refractivity contribution is -0.217. The molecule has 1 amide bonds. The number of allylic oxidation sites excluding steroid dienone is 5. The highest BCUT2D eigenvalue weighted by Gasteiger charge is 2.69. The van der Waals surface area contributed by atoms with Crippen LogP contribution in [-0.4, -0.2) is 54.2 Å². The van der Waals surface area contributed by atoms with Crippen LogP contribution < -0.4 is 5.32 Å². The maximum absolute atomic E-state index is 14.0. The van der Waals surface area contributed by atoms with Crippen LogP contribution in [0, 0.1) is 62.6 Å². The Labute approximate surface area is 302 Å². The third-order valence-electron chi connectivity index (χ3n) is 17.4. The molecular weight excluding hydrogens is 623 g/mol. The average Bonchev–Trinajstić information content (AvgIpc) is 3.66. The van der Waals surface area contributed by atoms with E-state index < -0.39 is 18.1 Å². The van der Waals surface area contributed by atoms with Gasteiger partial charge in [-0.3, -0.25) is 9.59 Å². The highest BCUT2D eigenvalue weighted by Crippen LogP contribution is 2.76. The summed E-state index contributed by atoms with van der Waals surface area (Å²) in [6.07, 6.45) is 18.9. The molecule has 1 aliphatic heterocycles.